The van der Waals surface area contributed by atoms with Crippen LogP contribution >= 0.6 is 0 Å². The smallest absolute Gasteiger partial charge is 0.313 e. The van der Waals surface area contributed by atoms with E-state index in [1.54, 1.807) is 0 Å². The summed E-state index contributed by atoms with van der Waals surface area (Å²) < 4.78 is 0. The maximum atomic E-state index is 12.2. The zero-order chi connectivity index (χ0) is 18.4. The van der Waals surface area contributed by atoms with Crippen LogP contribution in [0.3, 0.4) is 0 Å². The van der Waals surface area contributed by atoms with Crippen molar-refractivity contribution in [1.82, 2.24) is 10.4 Å². The summed E-state index contributed by atoms with van der Waals surface area (Å²) in [4.78, 5) is 26.6. The molecule has 138 valence electrons. The fourth-order valence-electron chi connectivity index (χ4n) is 3.20. The third-order valence-electron chi connectivity index (χ3n) is 4.56. The van der Waals surface area contributed by atoms with Gasteiger partial charge in [-0.2, -0.15) is 0 Å². The molecule has 0 radical (unpaired) electrons. The van der Waals surface area contributed by atoms with Crippen LogP contribution in [0.15, 0.2) is 18.3 Å². The predicted molar refractivity (Wildman–Crippen MR) is 92.6 cm³/mol. The molecule has 1 aliphatic carbocycles. The van der Waals surface area contributed by atoms with Crippen LogP contribution in [0.5, 0.6) is 0 Å². The van der Waals surface area contributed by atoms with E-state index in [4.69, 9.17) is 5.73 Å². The van der Waals surface area contributed by atoms with Gasteiger partial charge >= 0.3 is 5.69 Å². The quantitative estimate of drug-likeness (QED) is 0.495. The minimum Gasteiger partial charge on any atom is -0.382 e. The lowest BCUT2D eigenvalue weighted by molar-refractivity contribution is -0.384. The van der Waals surface area contributed by atoms with Crippen molar-refractivity contribution in [2.75, 3.05) is 12.1 Å². The van der Waals surface area contributed by atoms with Crippen molar-refractivity contribution in [3.63, 3.8) is 0 Å². The lowest BCUT2D eigenvalue weighted by Gasteiger charge is -2.27. The molecule has 0 aromatic carbocycles. The number of hydrazine groups is 1. The first kappa shape index (κ1) is 19.1. The highest BCUT2D eigenvalue weighted by atomic mass is 16.6. The third-order valence-corrected chi connectivity index (χ3v) is 4.56. The Morgan fingerprint density at radius 3 is 2.84 bits per heavy atom. The van der Waals surface area contributed by atoms with Gasteiger partial charge in [0.15, 0.2) is 0 Å². The number of aliphatic hydroxyl groups excluding tert-OH is 1. The first-order valence-corrected chi connectivity index (χ1v) is 8.47. The number of nitrogens with zero attached hydrogens (tertiary/aromatic N) is 3. The largest absolute Gasteiger partial charge is 0.382 e. The molecule has 2 atom stereocenters. The van der Waals surface area contributed by atoms with Crippen LogP contribution in [-0.4, -0.2) is 40.1 Å². The summed E-state index contributed by atoms with van der Waals surface area (Å²) in [5.74, 6) is -0.291. The van der Waals surface area contributed by atoms with Crippen LogP contribution in [0.2, 0.25) is 0 Å². The molecule has 0 bridgehead atoms. The van der Waals surface area contributed by atoms with Crippen molar-refractivity contribution in [1.29, 1.82) is 0 Å². The molecular formula is C16H25N5O4. The number of aromatic nitrogens is 1. The van der Waals surface area contributed by atoms with Crippen LogP contribution in [0, 0.1) is 16.0 Å². The molecule has 1 amide bonds. The maximum Gasteiger partial charge on any atom is 0.313 e. The minimum absolute atomic E-state index is 0.0195. The highest BCUT2D eigenvalue weighted by Crippen LogP contribution is 2.27. The second-order valence-electron chi connectivity index (χ2n) is 6.49. The molecule has 25 heavy (non-hydrogen) atoms. The molecule has 1 aromatic heterocycles. The Labute approximate surface area is 146 Å². The van der Waals surface area contributed by atoms with Gasteiger partial charge in [0.25, 0.3) is 5.91 Å². The standard InChI is InChI=1S/C16H25N5O4/c1-20(15-13(21(24)25)8-5-9-18-15)19-16(23)14(22)12(17)10-11-6-3-2-4-7-11/h5,8-9,11-12,14,22H,2-4,6-7,10,17H2,1H3,(H,19,23). The summed E-state index contributed by atoms with van der Waals surface area (Å²) in [6, 6.07) is 2.05. The predicted octanol–water partition coefficient (Wildman–Crippen LogP) is 1.12. The lowest BCUT2D eigenvalue weighted by Crippen LogP contribution is -2.52. The molecule has 0 spiro atoms. The fraction of sp³-hybridized carbons (Fsp3) is 0.625. The number of amides is 1. The lowest BCUT2D eigenvalue weighted by atomic mass is 9.84. The van der Waals surface area contributed by atoms with Crippen molar-refractivity contribution in [3.8, 4) is 0 Å². The van der Waals surface area contributed by atoms with Gasteiger partial charge in [-0.1, -0.05) is 32.1 Å². The normalized spacial score (nSPS) is 17.6. The Morgan fingerprint density at radius 1 is 1.52 bits per heavy atom. The Bertz CT molecular complexity index is 606. The van der Waals surface area contributed by atoms with Crippen molar-refractivity contribution < 1.29 is 14.8 Å². The topological polar surface area (TPSA) is 135 Å². The van der Waals surface area contributed by atoms with E-state index in [-0.39, 0.29) is 11.5 Å². The molecular weight excluding hydrogens is 326 g/mol. The van der Waals surface area contributed by atoms with E-state index in [9.17, 15) is 20.0 Å². The van der Waals surface area contributed by atoms with Gasteiger partial charge in [-0.25, -0.2) is 4.98 Å². The van der Waals surface area contributed by atoms with E-state index >= 15 is 0 Å². The van der Waals surface area contributed by atoms with Gasteiger partial charge in [-0.05, 0) is 18.4 Å². The average molecular weight is 351 g/mol. The third kappa shape index (κ3) is 5.10. The number of hydrogen-bond acceptors (Lipinski definition) is 7. The Morgan fingerprint density at radius 2 is 2.20 bits per heavy atom. The summed E-state index contributed by atoms with van der Waals surface area (Å²) in [6.45, 7) is 0. The van der Waals surface area contributed by atoms with Gasteiger partial charge in [0.2, 0.25) is 5.82 Å². The Kier molecular flexibility index (Phi) is 6.65. The number of nitro groups is 1. The second-order valence-corrected chi connectivity index (χ2v) is 6.49. The van der Waals surface area contributed by atoms with E-state index in [2.05, 4.69) is 10.4 Å². The molecule has 2 unspecified atom stereocenters. The molecule has 1 saturated carbocycles. The van der Waals surface area contributed by atoms with E-state index in [1.807, 2.05) is 0 Å². The number of carbonyl (C=O) groups is 1. The maximum absolute atomic E-state index is 12.2. The van der Waals surface area contributed by atoms with Gasteiger partial charge in [-0.15, -0.1) is 0 Å². The summed E-state index contributed by atoms with van der Waals surface area (Å²) >= 11 is 0. The van der Waals surface area contributed by atoms with Crippen LogP contribution < -0.4 is 16.2 Å². The zero-order valence-electron chi connectivity index (χ0n) is 14.3. The molecule has 0 saturated heterocycles. The summed E-state index contributed by atoms with van der Waals surface area (Å²) in [5.41, 5.74) is 8.15. The van der Waals surface area contributed by atoms with E-state index in [0.29, 0.717) is 12.3 Å². The Hall–Kier alpha value is -2.26. The van der Waals surface area contributed by atoms with Crippen molar-refractivity contribution in [2.45, 2.75) is 50.7 Å². The van der Waals surface area contributed by atoms with Crippen LogP contribution in [0.1, 0.15) is 38.5 Å². The van der Waals surface area contributed by atoms with Crippen LogP contribution in [-0.2, 0) is 4.79 Å². The molecule has 0 aliphatic heterocycles. The zero-order valence-corrected chi connectivity index (χ0v) is 14.3. The minimum atomic E-state index is -1.38. The molecule has 1 aromatic rings. The SMILES string of the molecule is CN(NC(=O)C(O)C(N)CC1CCCCC1)c1ncccc1[N+](=O)[O-]. The van der Waals surface area contributed by atoms with Crippen LogP contribution in [0.4, 0.5) is 11.5 Å². The Balaban J connectivity index is 1.94. The summed E-state index contributed by atoms with van der Waals surface area (Å²) in [5, 5.41) is 22.3. The molecule has 9 heteroatoms. The number of aliphatic hydroxyl groups is 1. The molecule has 4 N–H and O–H groups in total. The highest BCUT2D eigenvalue weighted by Gasteiger charge is 2.28. The van der Waals surface area contributed by atoms with Crippen molar-refractivity contribution in [2.24, 2.45) is 11.7 Å². The number of pyridine rings is 1. The van der Waals surface area contributed by atoms with Gasteiger partial charge in [0.1, 0.15) is 6.10 Å². The first-order valence-electron chi connectivity index (χ1n) is 8.47. The highest BCUT2D eigenvalue weighted by molar-refractivity contribution is 5.83. The number of rotatable bonds is 7. The van der Waals surface area contributed by atoms with Gasteiger partial charge < -0.3 is 10.8 Å². The molecule has 9 nitrogen and oxygen atoms in total. The van der Waals surface area contributed by atoms with Crippen molar-refractivity contribution >= 4 is 17.4 Å². The molecule has 1 fully saturated rings. The van der Waals surface area contributed by atoms with Gasteiger partial charge in [0, 0.05) is 25.4 Å². The summed E-state index contributed by atoms with van der Waals surface area (Å²) in [6.07, 6.45) is 6.27. The average Bonchev–Trinajstić information content (AvgIpc) is 2.61. The number of hydrogen-bond donors (Lipinski definition) is 3. The molecule has 1 aliphatic rings. The molecule has 2 rings (SSSR count). The van der Waals surface area contributed by atoms with Gasteiger partial charge in [-0.3, -0.25) is 25.3 Å². The second kappa shape index (κ2) is 8.72. The van der Waals surface area contributed by atoms with E-state index in [0.717, 1.165) is 30.7 Å². The van der Waals surface area contributed by atoms with Crippen molar-refractivity contribution in [3.05, 3.63) is 28.4 Å². The number of anilines is 1. The van der Waals surface area contributed by atoms with Gasteiger partial charge in [0.05, 0.1) is 4.92 Å². The number of nitrogens with two attached hydrogens (primary N) is 1. The monoisotopic (exact) mass is 351 g/mol. The van der Waals surface area contributed by atoms with E-state index in [1.165, 1.54) is 31.8 Å². The molecule has 1 heterocycles. The summed E-state index contributed by atoms with van der Waals surface area (Å²) in [7, 11) is 1.42. The van der Waals surface area contributed by atoms with Crippen LogP contribution in [0.25, 0.3) is 0 Å². The number of carbonyl (C=O) groups excluding carboxylic acids is 1. The first-order chi connectivity index (χ1) is 11.9. The number of nitrogens with one attached hydrogen (secondary N) is 1. The van der Waals surface area contributed by atoms with E-state index < -0.39 is 23.0 Å². The fourth-order valence-corrected chi connectivity index (χ4v) is 3.20.